The van der Waals surface area contributed by atoms with Crippen LogP contribution in [0.15, 0.2) is 6.07 Å². The molecular weight excluding hydrogens is 179 g/mol. The maximum atomic E-state index is 8.71. The predicted octanol–water partition coefficient (Wildman–Crippen LogP) is 1.27. The van der Waals surface area contributed by atoms with Gasteiger partial charge >= 0.3 is 7.32 Å². The van der Waals surface area contributed by atoms with Gasteiger partial charge in [0.2, 0.25) is 0 Å². The van der Waals surface area contributed by atoms with Crippen LogP contribution in [-0.2, 0) is 0 Å². The molecule has 0 aliphatic rings. The number of hydrogen-bond donors (Lipinski definition) is 2. The van der Waals surface area contributed by atoms with Gasteiger partial charge in [0.1, 0.15) is 5.75 Å². The van der Waals surface area contributed by atoms with E-state index in [0.29, 0.717) is 5.75 Å². The summed E-state index contributed by atoms with van der Waals surface area (Å²) in [6, 6.07) is 1.82. The molecule has 4 heteroatoms. The van der Waals surface area contributed by atoms with Crippen molar-refractivity contribution in [2.75, 3.05) is 0 Å². The van der Waals surface area contributed by atoms with Crippen molar-refractivity contribution >= 4 is 7.32 Å². The van der Waals surface area contributed by atoms with Crippen molar-refractivity contribution in [3.63, 3.8) is 0 Å². The van der Waals surface area contributed by atoms with Crippen molar-refractivity contribution in [2.24, 2.45) is 0 Å². The number of hydrogen-bond acceptors (Lipinski definition) is 3. The first-order chi connectivity index (χ1) is 6.43. The fourth-order valence-corrected chi connectivity index (χ4v) is 1.41. The van der Waals surface area contributed by atoms with E-state index < -0.39 is 7.32 Å². The molecule has 0 saturated carbocycles. The van der Waals surface area contributed by atoms with Crippen molar-refractivity contribution in [3.05, 3.63) is 28.3 Å². The summed E-state index contributed by atoms with van der Waals surface area (Å²) in [6.45, 7) is 7.91. The van der Waals surface area contributed by atoms with Gasteiger partial charge in [-0.1, -0.05) is 0 Å². The second kappa shape index (κ2) is 4.03. The first kappa shape index (κ1) is 11.1. The fourth-order valence-electron chi connectivity index (χ4n) is 1.41. The van der Waals surface area contributed by atoms with Crippen molar-refractivity contribution < 1.29 is 14.7 Å². The Balaban J connectivity index is 3.19. The minimum absolute atomic E-state index is 0.528. The lowest BCUT2D eigenvalue weighted by Gasteiger charge is -2.14. The minimum Gasteiger partial charge on any atom is -0.512 e. The molecule has 0 radical (unpaired) electrons. The highest BCUT2D eigenvalue weighted by Gasteiger charge is 2.15. The molecule has 0 unspecified atom stereocenters. The molecule has 0 amide bonds. The summed E-state index contributed by atoms with van der Waals surface area (Å²) >= 11 is 0. The maximum absolute atomic E-state index is 8.71. The van der Waals surface area contributed by atoms with Gasteiger partial charge in [-0.05, 0) is 56.0 Å². The van der Waals surface area contributed by atoms with Crippen LogP contribution in [0.4, 0.5) is 0 Å². The summed E-state index contributed by atoms with van der Waals surface area (Å²) < 4.78 is 4.87. The Morgan fingerprint density at radius 1 is 1.00 bits per heavy atom. The van der Waals surface area contributed by atoms with Gasteiger partial charge in [0, 0.05) is 0 Å². The number of aryl methyl sites for hydroxylation is 1. The molecule has 0 aliphatic carbocycles. The van der Waals surface area contributed by atoms with Gasteiger partial charge in [-0.2, -0.15) is 0 Å². The van der Waals surface area contributed by atoms with E-state index in [1.54, 1.807) is 0 Å². The van der Waals surface area contributed by atoms with E-state index in [4.69, 9.17) is 14.7 Å². The van der Waals surface area contributed by atoms with Crippen LogP contribution in [0.5, 0.6) is 5.75 Å². The maximum Gasteiger partial charge on any atom is 0.707 e. The molecule has 3 nitrogen and oxygen atoms in total. The molecule has 0 spiro atoms. The van der Waals surface area contributed by atoms with Crippen LogP contribution in [0.25, 0.3) is 0 Å². The van der Waals surface area contributed by atoms with Crippen molar-refractivity contribution in [1.29, 1.82) is 0 Å². The third-order valence-corrected chi connectivity index (χ3v) is 2.67. The Morgan fingerprint density at radius 2 is 1.57 bits per heavy atom. The summed E-state index contributed by atoms with van der Waals surface area (Å²) in [4.78, 5) is 0. The molecular formula is C10H15BO3. The summed E-state index contributed by atoms with van der Waals surface area (Å²) in [6.07, 6.45) is 0. The normalized spacial score (nSPS) is 10.1. The molecule has 0 atom stereocenters. The summed E-state index contributed by atoms with van der Waals surface area (Å²) in [7, 11) is -1.75. The van der Waals surface area contributed by atoms with Crippen LogP contribution in [0.2, 0.25) is 0 Å². The highest BCUT2D eigenvalue weighted by molar-refractivity contribution is 6.33. The van der Waals surface area contributed by atoms with E-state index in [-0.39, 0.29) is 0 Å². The van der Waals surface area contributed by atoms with Gasteiger partial charge in [-0.3, -0.25) is 0 Å². The second-order valence-electron chi connectivity index (χ2n) is 3.51. The zero-order valence-electron chi connectivity index (χ0n) is 8.96. The zero-order valence-corrected chi connectivity index (χ0v) is 8.96. The standard InChI is InChI=1S/C10H15BO3/c1-6-5-10(14-11(12)13)9(4)8(3)7(6)2/h5,12-13H,1-4H3. The van der Waals surface area contributed by atoms with Gasteiger partial charge in [-0.15, -0.1) is 0 Å². The van der Waals surface area contributed by atoms with Crippen LogP contribution in [0, 0.1) is 27.7 Å². The average Bonchev–Trinajstić information content (AvgIpc) is 2.10. The average molecular weight is 194 g/mol. The molecule has 0 fully saturated rings. The molecule has 0 aliphatic heterocycles. The highest BCUT2D eigenvalue weighted by atomic mass is 16.6. The molecule has 1 rings (SSSR count). The monoisotopic (exact) mass is 194 g/mol. The van der Waals surface area contributed by atoms with E-state index in [0.717, 1.165) is 16.7 Å². The topological polar surface area (TPSA) is 49.7 Å². The van der Waals surface area contributed by atoms with Gasteiger partial charge in [0.25, 0.3) is 0 Å². The Hall–Kier alpha value is -0.995. The van der Waals surface area contributed by atoms with Gasteiger partial charge < -0.3 is 14.7 Å². The van der Waals surface area contributed by atoms with E-state index >= 15 is 0 Å². The number of benzene rings is 1. The third-order valence-electron chi connectivity index (χ3n) is 2.67. The lowest BCUT2D eigenvalue weighted by Crippen LogP contribution is -2.21. The Morgan fingerprint density at radius 3 is 2.07 bits per heavy atom. The van der Waals surface area contributed by atoms with Gasteiger partial charge in [-0.25, -0.2) is 0 Å². The summed E-state index contributed by atoms with van der Waals surface area (Å²) in [5, 5.41) is 17.4. The van der Waals surface area contributed by atoms with E-state index in [2.05, 4.69) is 0 Å². The first-order valence-corrected chi connectivity index (χ1v) is 4.53. The van der Waals surface area contributed by atoms with Crippen LogP contribution in [-0.4, -0.2) is 17.4 Å². The number of rotatable bonds is 2. The van der Waals surface area contributed by atoms with E-state index in [1.807, 2.05) is 33.8 Å². The Bertz CT molecular complexity index is 348. The summed E-state index contributed by atoms with van der Waals surface area (Å²) in [5.74, 6) is 0.528. The molecule has 14 heavy (non-hydrogen) atoms. The van der Waals surface area contributed by atoms with Crippen molar-refractivity contribution in [1.82, 2.24) is 0 Å². The van der Waals surface area contributed by atoms with Crippen LogP contribution >= 0.6 is 0 Å². The minimum atomic E-state index is -1.75. The molecule has 76 valence electrons. The first-order valence-electron chi connectivity index (χ1n) is 4.53. The van der Waals surface area contributed by atoms with Gasteiger partial charge in [0.05, 0.1) is 0 Å². The van der Waals surface area contributed by atoms with Crippen LogP contribution in [0.1, 0.15) is 22.3 Å². The lowest BCUT2D eigenvalue weighted by molar-refractivity contribution is 0.287. The van der Waals surface area contributed by atoms with E-state index in [1.165, 1.54) is 5.56 Å². The zero-order chi connectivity index (χ0) is 10.9. The quantitative estimate of drug-likeness (QED) is 0.697. The molecule has 1 aromatic rings. The lowest BCUT2D eigenvalue weighted by atomic mass is 9.98. The second-order valence-corrected chi connectivity index (χ2v) is 3.51. The van der Waals surface area contributed by atoms with Crippen molar-refractivity contribution in [2.45, 2.75) is 27.7 Å². The van der Waals surface area contributed by atoms with E-state index in [9.17, 15) is 0 Å². The smallest absolute Gasteiger partial charge is 0.512 e. The molecule has 1 aromatic carbocycles. The van der Waals surface area contributed by atoms with Crippen LogP contribution < -0.4 is 4.65 Å². The molecule has 0 saturated heterocycles. The molecule has 0 heterocycles. The highest BCUT2D eigenvalue weighted by Crippen LogP contribution is 2.26. The molecule has 2 N–H and O–H groups in total. The van der Waals surface area contributed by atoms with Gasteiger partial charge in [0.15, 0.2) is 0 Å². The molecule has 0 aromatic heterocycles. The fraction of sp³-hybridized carbons (Fsp3) is 0.400. The summed E-state index contributed by atoms with van der Waals surface area (Å²) in [5.41, 5.74) is 4.37. The van der Waals surface area contributed by atoms with Crippen LogP contribution in [0.3, 0.4) is 0 Å². The Labute approximate surface area is 84.5 Å². The largest absolute Gasteiger partial charge is 0.707 e. The molecule has 0 bridgehead atoms. The predicted molar refractivity (Wildman–Crippen MR) is 56.2 cm³/mol. The SMILES string of the molecule is Cc1cc(OB(O)O)c(C)c(C)c1C. The van der Waals surface area contributed by atoms with Crippen molar-refractivity contribution in [3.8, 4) is 5.75 Å². The Kier molecular flexibility index (Phi) is 3.19. The third kappa shape index (κ3) is 2.08.